The number of nitrogens with zero attached hydrogens (tertiary/aromatic N) is 2. The molecule has 2 aromatic carbocycles. The number of carbonyl (C=O) groups is 1. The molecule has 0 aliphatic carbocycles. The highest BCUT2D eigenvalue weighted by Gasteiger charge is 2.13. The highest BCUT2D eigenvalue weighted by atomic mass is 32.2. The van der Waals surface area contributed by atoms with Gasteiger partial charge in [0.1, 0.15) is 11.6 Å². The molecule has 0 atom stereocenters. The standard InChI is InChI=1S/C18H15FN2O2S3/c1-23-13-8-6-12(7-9-13)10-24-17-20-21-18(26-17)25-11-16(22)14-4-2-3-5-15(14)19/h2-9H,10-11H2,1H3. The smallest absolute Gasteiger partial charge is 0.176 e. The van der Waals surface area contributed by atoms with Gasteiger partial charge in [-0.2, -0.15) is 0 Å². The van der Waals surface area contributed by atoms with E-state index in [9.17, 15) is 9.18 Å². The first-order valence-corrected chi connectivity index (χ1v) is 10.4. The quantitative estimate of drug-likeness (QED) is 0.390. The van der Waals surface area contributed by atoms with Crippen LogP contribution >= 0.6 is 34.9 Å². The number of hydrogen-bond acceptors (Lipinski definition) is 7. The first-order valence-electron chi connectivity index (χ1n) is 7.65. The molecule has 0 spiro atoms. The number of benzene rings is 2. The van der Waals surface area contributed by atoms with Crippen LogP contribution in [0.5, 0.6) is 5.75 Å². The maximum Gasteiger partial charge on any atom is 0.176 e. The zero-order valence-electron chi connectivity index (χ0n) is 13.8. The summed E-state index contributed by atoms with van der Waals surface area (Å²) in [6, 6.07) is 13.9. The number of thioether (sulfide) groups is 2. The Balaban J connectivity index is 1.51. The average molecular weight is 407 g/mol. The molecule has 0 fully saturated rings. The van der Waals surface area contributed by atoms with Crippen LogP contribution in [-0.2, 0) is 5.75 Å². The minimum atomic E-state index is -0.494. The predicted molar refractivity (Wildman–Crippen MR) is 104 cm³/mol. The van der Waals surface area contributed by atoms with Crippen molar-refractivity contribution in [2.24, 2.45) is 0 Å². The fourth-order valence-electron chi connectivity index (χ4n) is 2.07. The summed E-state index contributed by atoms with van der Waals surface area (Å²) >= 11 is 4.30. The van der Waals surface area contributed by atoms with E-state index in [2.05, 4.69) is 10.2 Å². The molecule has 4 nitrogen and oxygen atoms in total. The minimum absolute atomic E-state index is 0.110. The van der Waals surface area contributed by atoms with Gasteiger partial charge < -0.3 is 4.74 Å². The molecule has 1 heterocycles. The molecule has 0 radical (unpaired) electrons. The molecule has 0 aliphatic heterocycles. The Labute approximate surface area is 163 Å². The molecule has 0 saturated heterocycles. The van der Waals surface area contributed by atoms with E-state index in [1.165, 1.54) is 35.2 Å². The van der Waals surface area contributed by atoms with E-state index in [4.69, 9.17) is 4.74 Å². The molecule has 0 bridgehead atoms. The molecule has 3 rings (SSSR count). The predicted octanol–water partition coefficient (Wildman–Crippen LogP) is 4.95. The molecule has 3 aromatic rings. The Bertz CT molecular complexity index is 884. The second kappa shape index (κ2) is 9.16. The van der Waals surface area contributed by atoms with Crippen LogP contribution in [0.1, 0.15) is 15.9 Å². The lowest BCUT2D eigenvalue weighted by Crippen LogP contribution is -2.04. The van der Waals surface area contributed by atoms with Gasteiger partial charge in [0.25, 0.3) is 0 Å². The summed E-state index contributed by atoms with van der Waals surface area (Å²) in [7, 11) is 1.64. The zero-order valence-corrected chi connectivity index (χ0v) is 16.3. The lowest BCUT2D eigenvalue weighted by atomic mass is 10.1. The second-order valence-corrected chi connectivity index (χ2v) is 8.58. The zero-order chi connectivity index (χ0) is 18.4. The number of halogens is 1. The summed E-state index contributed by atoms with van der Waals surface area (Å²) in [4.78, 5) is 12.1. The molecular formula is C18H15FN2O2S3. The van der Waals surface area contributed by atoms with Crippen molar-refractivity contribution in [2.45, 2.75) is 14.4 Å². The number of aromatic nitrogens is 2. The van der Waals surface area contributed by atoms with E-state index in [0.717, 1.165) is 21.4 Å². The van der Waals surface area contributed by atoms with Crippen molar-refractivity contribution in [1.82, 2.24) is 10.2 Å². The van der Waals surface area contributed by atoms with Crippen LogP contribution in [0.2, 0.25) is 0 Å². The van der Waals surface area contributed by atoms with E-state index in [-0.39, 0.29) is 17.1 Å². The lowest BCUT2D eigenvalue weighted by molar-refractivity contribution is 0.101. The third-order valence-corrected chi connectivity index (χ3v) is 6.67. The molecule has 8 heteroatoms. The molecule has 0 unspecified atom stereocenters. The maximum absolute atomic E-state index is 13.6. The van der Waals surface area contributed by atoms with E-state index in [1.54, 1.807) is 31.0 Å². The van der Waals surface area contributed by atoms with Gasteiger partial charge in [-0.1, -0.05) is 59.1 Å². The van der Waals surface area contributed by atoms with Gasteiger partial charge in [0, 0.05) is 5.75 Å². The molecule has 26 heavy (non-hydrogen) atoms. The topological polar surface area (TPSA) is 52.1 Å². The molecule has 0 aliphatic rings. The molecule has 134 valence electrons. The normalized spacial score (nSPS) is 10.7. The van der Waals surface area contributed by atoms with Crippen molar-refractivity contribution in [1.29, 1.82) is 0 Å². The first-order chi connectivity index (χ1) is 12.7. The third kappa shape index (κ3) is 5.06. The van der Waals surface area contributed by atoms with Crippen LogP contribution in [0, 0.1) is 5.82 Å². The summed E-state index contributed by atoms with van der Waals surface area (Å²) in [6.07, 6.45) is 0. The average Bonchev–Trinajstić information content (AvgIpc) is 3.13. The molecule has 0 N–H and O–H groups in total. The van der Waals surface area contributed by atoms with Crippen LogP contribution in [-0.4, -0.2) is 28.8 Å². The van der Waals surface area contributed by atoms with Gasteiger partial charge in [0.2, 0.25) is 0 Å². The SMILES string of the molecule is COc1ccc(CSc2nnc(SCC(=O)c3ccccc3F)s2)cc1. The number of methoxy groups -OCH3 is 1. The van der Waals surface area contributed by atoms with Gasteiger partial charge in [-0.3, -0.25) is 4.79 Å². The summed E-state index contributed by atoms with van der Waals surface area (Å²) in [6.45, 7) is 0. The van der Waals surface area contributed by atoms with Crippen LogP contribution in [0.25, 0.3) is 0 Å². The van der Waals surface area contributed by atoms with Crippen molar-refractivity contribution in [3.63, 3.8) is 0 Å². The number of Topliss-reactive ketones (excluding diaryl/α,β-unsaturated/α-hetero) is 1. The van der Waals surface area contributed by atoms with Gasteiger partial charge in [0.15, 0.2) is 14.5 Å². The summed E-state index contributed by atoms with van der Waals surface area (Å²) in [5.74, 6) is 0.991. The van der Waals surface area contributed by atoms with Gasteiger partial charge in [-0.05, 0) is 29.8 Å². The number of carbonyl (C=O) groups excluding carboxylic acids is 1. The van der Waals surface area contributed by atoms with Crippen molar-refractivity contribution in [2.75, 3.05) is 12.9 Å². The van der Waals surface area contributed by atoms with Crippen molar-refractivity contribution in [3.05, 3.63) is 65.5 Å². The highest BCUT2D eigenvalue weighted by molar-refractivity contribution is 8.03. The highest BCUT2D eigenvalue weighted by Crippen LogP contribution is 2.31. The largest absolute Gasteiger partial charge is 0.497 e. The molecule has 1 aromatic heterocycles. The fraction of sp³-hybridized carbons (Fsp3) is 0.167. The fourth-order valence-corrected chi connectivity index (χ4v) is 4.93. The van der Waals surface area contributed by atoms with Crippen molar-refractivity contribution >= 4 is 40.6 Å². The second-order valence-electron chi connectivity index (χ2n) is 5.16. The number of hydrogen-bond donors (Lipinski definition) is 0. The molecule has 0 saturated carbocycles. The van der Waals surface area contributed by atoms with E-state index >= 15 is 0 Å². The summed E-state index contributed by atoms with van der Waals surface area (Å²) < 4.78 is 20.3. The van der Waals surface area contributed by atoms with E-state index in [0.29, 0.717) is 4.34 Å². The third-order valence-electron chi connectivity index (χ3n) is 3.41. The van der Waals surface area contributed by atoms with Crippen LogP contribution in [0.3, 0.4) is 0 Å². The Morgan fingerprint density at radius 1 is 1.08 bits per heavy atom. The first kappa shape index (κ1) is 18.9. The van der Waals surface area contributed by atoms with Crippen LogP contribution in [0.4, 0.5) is 4.39 Å². The van der Waals surface area contributed by atoms with E-state index in [1.807, 2.05) is 24.3 Å². The Kier molecular flexibility index (Phi) is 6.65. The van der Waals surface area contributed by atoms with Crippen molar-refractivity contribution < 1.29 is 13.9 Å². The van der Waals surface area contributed by atoms with Crippen LogP contribution < -0.4 is 4.74 Å². The minimum Gasteiger partial charge on any atom is -0.497 e. The number of ketones is 1. The number of rotatable bonds is 8. The number of ether oxygens (including phenoxy) is 1. The van der Waals surface area contributed by atoms with Crippen molar-refractivity contribution in [3.8, 4) is 5.75 Å². The van der Waals surface area contributed by atoms with Gasteiger partial charge in [0.05, 0.1) is 18.4 Å². The van der Waals surface area contributed by atoms with Gasteiger partial charge >= 0.3 is 0 Å². The molecular weight excluding hydrogens is 391 g/mol. The summed E-state index contributed by atoms with van der Waals surface area (Å²) in [5, 5.41) is 8.22. The lowest BCUT2D eigenvalue weighted by Gasteiger charge is -2.01. The monoisotopic (exact) mass is 406 g/mol. The molecule has 0 amide bonds. The summed E-state index contributed by atoms with van der Waals surface area (Å²) in [5.41, 5.74) is 1.27. The Morgan fingerprint density at radius 3 is 2.46 bits per heavy atom. The van der Waals surface area contributed by atoms with Gasteiger partial charge in [-0.15, -0.1) is 10.2 Å². The van der Waals surface area contributed by atoms with E-state index < -0.39 is 5.82 Å². The van der Waals surface area contributed by atoms with Crippen LogP contribution in [0.15, 0.2) is 57.2 Å². The Hall–Kier alpha value is -1.90. The Morgan fingerprint density at radius 2 is 1.77 bits per heavy atom. The van der Waals surface area contributed by atoms with Gasteiger partial charge in [-0.25, -0.2) is 4.39 Å². The maximum atomic E-state index is 13.6.